The molecule has 2 amide bonds. The molecule has 2 atom stereocenters. The molecule has 0 unspecified atom stereocenters. The fourth-order valence-electron chi connectivity index (χ4n) is 3.24. The van der Waals surface area contributed by atoms with Crippen molar-refractivity contribution in [3.63, 3.8) is 0 Å². The zero-order valence-corrected chi connectivity index (χ0v) is 11.9. The molecule has 3 rings (SSSR count). The average molecular weight is 287 g/mol. The second-order valence-electron chi connectivity index (χ2n) is 5.58. The molecule has 1 aliphatic carbocycles. The Labute approximate surface area is 122 Å². The summed E-state index contributed by atoms with van der Waals surface area (Å²) in [4.78, 5) is 37.3. The van der Waals surface area contributed by atoms with Gasteiger partial charge in [-0.3, -0.25) is 19.3 Å². The molecule has 0 N–H and O–H groups in total. The van der Waals surface area contributed by atoms with Crippen molar-refractivity contribution in [3.05, 3.63) is 35.4 Å². The number of amides is 2. The standard InChI is InChI=1S/C16H17NO4/c1-10(18)21-12-6-4-5-11(9-12)17-15(19)13-7-2-3-8-14(13)16(17)20/h2-3,7-8,11-12H,4-6,9H2,1H3/t11-,12-/m0/s1. The first kappa shape index (κ1) is 13.8. The van der Waals surface area contributed by atoms with Crippen molar-refractivity contribution < 1.29 is 19.1 Å². The molecule has 0 spiro atoms. The highest BCUT2D eigenvalue weighted by Gasteiger charge is 2.41. The van der Waals surface area contributed by atoms with Gasteiger partial charge < -0.3 is 4.74 Å². The quantitative estimate of drug-likeness (QED) is 0.617. The van der Waals surface area contributed by atoms with Crippen molar-refractivity contribution in [1.29, 1.82) is 0 Å². The topological polar surface area (TPSA) is 63.7 Å². The molecule has 1 aromatic rings. The van der Waals surface area contributed by atoms with Gasteiger partial charge in [-0.1, -0.05) is 12.1 Å². The van der Waals surface area contributed by atoms with Gasteiger partial charge in [0.1, 0.15) is 6.10 Å². The maximum Gasteiger partial charge on any atom is 0.302 e. The second-order valence-corrected chi connectivity index (χ2v) is 5.58. The summed E-state index contributed by atoms with van der Waals surface area (Å²) in [5, 5.41) is 0. The second kappa shape index (κ2) is 5.31. The minimum atomic E-state index is -0.317. The summed E-state index contributed by atoms with van der Waals surface area (Å²) >= 11 is 0. The van der Waals surface area contributed by atoms with E-state index in [1.54, 1.807) is 24.3 Å². The van der Waals surface area contributed by atoms with Gasteiger partial charge in [0.15, 0.2) is 0 Å². The number of imide groups is 1. The Morgan fingerprint density at radius 1 is 1.14 bits per heavy atom. The SMILES string of the molecule is CC(=O)O[C@H]1CCC[C@H](N2C(=O)c3ccccc3C2=O)C1. The molecule has 1 aliphatic heterocycles. The predicted octanol–water partition coefficient (Wildman–Crippen LogP) is 2.16. The average Bonchev–Trinajstić information content (AvgIpc) is 2.71. The molecule has 0 aromatic heterocycles. The highest BCUT2D eigenvalue weighted by atomic mass is 16.5. The normalized spacial score (nSPS) is 24.9. The first-order valence-electron chi connectivity index (χ1n) is 7.22. The molecule has 0 radical (unpaired) electrons. The maximum absolute atomic E-state index is 12.4. The van der Waals surface area contributed by atoms with Gasteiger partial charge in [0, 0.05) is 19.4 Å². The number of nitrogens with zero attached hydrogens (tertiary/aromatic N) is 1. The van der Waals surface area contributed by atoms with Crippen LogP contribution < -0.4 is 0 Å². The smallest absolute Gasteiger partial charge is 0.302 e. The van der Waals surface area contributed by atoms with Crippen LogP contribution in [0.3, 0.4) is 0 Å². The number of hydrogen-bond acceptors (Lipinski definition) is 4. The molecule has 21 heavy (non-hydrogen) atoms. The number of ether oxygens (including phenoxy) is 1. The molecule has 2 aliphatic rings. The van der Waals surface area contributed by atoms with Crippen molar-refractivity contribution >= 4 is 17.8 Å². The van der Waals surface area contributed by atoms with E-state index in [0.29, 0.717) is 17.5 Å². The van der Waals surface area contributed by atoms with E-state index >= 15 is 0 Å². The lowest BCUT2D eigenvalue weighted by atomic mass is 9.91. The maximum atomic E-state index is 12.4. The monoisotopic (exact) mass is 287 g/mol. The number of carbonyl (C=O) groups is 3. The Balaban J connectivity index is 1.80. The summed E-state index contributed by atoms with van der Waals surface area (Å²) in [6, 6.07) is 6.70. The lowest BCUT2D eigenvalue weighted by Gasteiger charge is -2.33. The van der Waals surface area contributed by atoms with Crippen molar-refractivity contribution in [3.8, 4) is 0 Å². The van der Waals surface area contributed by atoms with Gasteiger partial charge in [0.25, 0.3) is 11.8 Å². The van der Waals surface area contributed by atoms with Crippen LogP contribution >= 0.6 is 0 Å². The van der Waals surface area contributed by atoms with Gasteiger partial charge >= 0.3 is 5.97 Å². The van der Waals surface area contributed by atoms with E-state index in [4.69, 9.17) is 4.74 Å². The summed E-state index contributed by atoms with van der Waals surface area (Å²) in [5.41, 5.74) is 0.939. The largest absolute Gasteiger partial charge is 0.462 e. The fraction of sp³-hybridized carbons (Fsp3) is 0.438. The zero-order valence-electron chi connectivity index (χ0n) is 11.9. The summed E-state index contributed by atoms with van der Waals surface area (Å²) in [6.07, 6.45) is 2.73. The molecule has 1 fully saturated rings. The first-order valence-corrected chi connectivity index (χ1v) is 7.22. The summed E-state index contributed by atoms with van der Waals surface area (Å²) in [5.74, 6) is -0.781. The summed E-state index contributed by atoms with van der Waals surface area (Å²) < 4.78 is 5.24. The highest BCUT2D eigenvalue weighted by Crippen LogP contribution is 2.31. The van der Waals surface area contributed by atoms with Gasteiger partial charge in [-0.25, -0.2) is 0 Å². The highest BCUT2D eigenvalue weighted by molar-refractivity contribution is 6.21. The van der Waals surface area contributed by atoms with Crippen molar-refractivity contribution in [2.45, 2.75) is 44.8 Å². The molecule has 110 valence electrons. The predicted molar refractivity (Wildman–Crippen MR) is 74.8 cm³/mol. The Morgan fingerprint density at radius 2 is 1.76 bits per heavy atom. The summed E-state index contributed by atoms with van der Waals surface area (Å²) in [7, 11) is 0. The van der Waals surface area contributed by atoms with E-state index in [0.717, 1.165) is 19.3 Å². The number of hydrogen-bond donors (Lipinski definition) is 0. The summed E-state index contributed by atoms with van der Waals surface area (Å²) in [6.45, 7) is 1.38. The van der Waals surface area contributed by atoms with Crippen LogP contribution in [0, 0.1) is 0 Å². The van der Waals surface area contributed by atoms with Crippen LogP contribution in [0.4, 0.5) is 0 Å². The third kappa shape index (κ3) is 2.44. The molecular formula is C16H17NO4. The Bertz CT molecular complexity index is 575. The number of rotatable bonds is 2. The Kier molecular flexibility index (Phi) is 3.49. The van der Waals surface area contributed by atoms with Crippen LogP contribution in [0.1, 0.15) is 53.3 Å². The number of carbonyl (C=O) groups excluding carboxylic acids is 3. The van der Waals surface area contributed by atoms with Crippen molar-refractivity contribution in [1.82, 2.24) is 4.90 Å². The van der Waals surface area contributed by atoms with Crippen molar-refractivity contribution in [2.75, 3.05) is 0 Å². The van der Waals surface area contributed by atoms with Crippen LogP contribution in [0.25, 0.3) is 0 Å². The van der Waals surface area contributed by atoms with Crippen LogP contribution in [-0.4, -0.2) is 34.8 Å². The van der Waals surface area contributed by atoms with E-state index in [1.807, 2.05) is 0 Å². The molecule has 5 nitrogen and oxygen atoms in total. The van der Waals surface area contributed by atoms with Crippen LogP contribution in [0.5, 0.6) is 0 Å². The molecule has 5 heteroatoms. The molecule has 0 saturated heterocycles. The number of fused-ring (bicyclic) bond motifs is 1. The molecule has 1 saturated carbocycles. The minimum Gasteiger partial charge on any atom is -0.462 e. The number of benzene rings is 1. The number of esters is 1. The van der Waals surface area contributed by atoms with E-state index in [-0.39, 0.29) is 29.9 Å². The lowest BCUT2D eigenvalue weighted by Crippen LogP contribution is -2.44. The molecular weight excluding hydrogens is 270 g/mol. The first-order chi connectivity index (χ1) is 10.1. The van der Waals surface area contributed by atoms with Gasteiger partial charge in [0.2, 0.25) is 0 Å². The van der Waals surface area contributed by atoms with Gasteiger partial charge in [-0.05, 0) is 31.4 Å². The third-order valence-electron chi connectivity index (χ3n) is 4.12. The van der Waals surface area contributed by atoms with E-state index in [1.165, 1.54) is 11.8 Å². The van der Waals surface area contributed by atoms with Crippen LogP contribution in [0.15, 0.2) is 24.3 Å². The van der Waals surface area contributed by atoms with Crippen LogP contribution in [0.2, 0.25) is 0 Å². The van der Waals surface area contributed by atoms with Gasteiger partial charge in [0.05, 0.1) is 11.1 Å². The Hall–Kier alpha value is -2.17. The third-order valence-corrected chi connectivity index (χ3v) is 4.12. The van der Waals surface area contributed by atoms with E-state index in [9.17, 15) is 14.4 Å². The molecule has 1 heterocycles. The lowest BCUT2D eigenvalue weighted by molar-refractivity contribution is -0.148. The molecule has 0 bridgehead atoms. The zero-order chi connectivity index (χ0) is 15.0. The fourth-order valence-corrected chi connectivity index (χ4v) is 3.24. The van der Waals surface area contributed by atoms with Gasteiger partial charge in [-0.2, -0.15) is 0 Å². The van der Waals surface area contributed by atoms with E-state index in [2.05, 4.69) is 0 Å². The molecule has 1 aromatic carbocycles. The van der Waals surface area contributed by atoms with Gasteiger partial charge in [-0.15, -0.1) is 0 Å². The van der Waals surface area contributed by atoms with Crippen molar-refractivity contribution in [2.24, 2.45) is 0 Å². The van der Waals surface area contributed by atoms with Crippen LogP contribution in [-0.2, 0) is 9.53 Å². The minimum absolute atomic E-state index is 0.185. The van der Waals surface area contributed by atoms with E-state index < -0.39 is 0 Å². The Morgan fingerprint density at radius 3 is 2.33 bits per heavy atom.